The molecular weight excluding hydrogens is 355 g/mol. The van der Waals surface area contributed by atoms with Crippen molar-refractivity contribution in [1.29, 1.82) is 0 Å². The third kappa shape index (κ3) is 3.01. The second kappa shape index (κ2) is 6.50. The predicted molar refractivity (Wildman–Crippen MR) is 89.4 cm³/mol. The van der Waals surface area contributed by atoms with Gasteiger partial charge in [-0.15, -0.1) is 0 Å². The minimum Gasteiger partial charge on any atom is -0.321 e. The average Bonchev–Trinajstić information content (AvgIpc) is 2.55. The zero-order chi connectivity index (χ0) is 18.3. The van der Waals surface area contributed by atoms with Crippen LogP contribution in [0, 0.1) is 17.5 Å². The molecule has 0 unspecified atom stereocenters. The van der Waals surface area contributed by atoms with Crippen molar-refractivity contribution in [3.63, 3.8) is 0 Å². The van der Waals surface area contributed by atoms with Crippen LogP contribution in [0.4, 0.5) is 13.2 Å². The molecule has 0 aliphatic rings. The monoisotopic (exact) mass is 367 g/mol. The Bertz CT molecular complexity index is 1020. The first kappa shape index (κ1) is 17.4. The van der Waals surface area contributed by atoms with Crippen molar-refractivity contribution in [3.05, 3.63) is 69.0 Å². The van der Waals surface area contributed by atoms with Gasteiger partial charge in [0.1, 0.15) is 28.7 Å². The van der Waals surface area contributed by atoms with E-state index in [-0.39, 0.29) is 27.4 Å². The normalized spacial score (nSPS) is 12.6. The van der Waals surface area contributed by atoms with E-state index in [1.54, 1.807) is 6.92 Å². The Labute approximate surface area is 145 Å². The summed E-state index contributed by atoms with van der Waals surface area (Å²) in [5, 5.41) is -0.292. The SMILES string of the molecule is CC[C@H](N)c1nc2c(Cl)ccc(F)c2c(=O)n1-c1cc(F)cc(F)c1. The van der Waals surface area contributed by atoms with Crippen molar-refractivity contribution in [3.8, 4) is 5.69 Å². The number of nitrogens with two attached hydrogens (primary N) is 1. The van der Waals surface area contributed by atoms with E-state index in [9.17, 15) is 18.0 Å². The molecule has 4 nitrogen and oxygen atoms in total. The summed E-state index contributed by atoms with van der Waals surface area (Å²) >= 11 is 6.03. The second-order valence-corrected chi connectivity index (χ2v) is 5.91. The standard InChI is InChI=1S/C17H13ClF3N3O/c1-2-13(22)16-23-15-11(18)3-4-12(21)14(15)17(25)24(16)10-6-8(19)5-9(20)7-10/h3-7,13H,2,22H2,1H3/t13-/m0/s1. The van der Waals surface area contributed by atoms with Crippen molar-refractivity contribution in [2.24, 2.45) is 5.73 Å². The molecule has 0 aliphatic heterocycles. The lowest BCUT2D eigenvalue weighted by atomic mass is 10.1. The highest BCUT2D eigenvalue weighted by Gasteiger charge is 2.21. The molecule has 3 aromatic rings. The molecule has 0 saturated heterocycles. The number of nitrogens with zero attached hydrogens (tertiary/aromatic N) is 2. The van der Waals surface area contributed by atoms with Crippen LogP contribution in [-0.4, -0.2) is 9.55 Å². The van der Waals surface area contributed by atoms with Crippen LogP contribution in [0.1, 0.15) is 25.2 Å². The number of hydrogen-bond donors (Lipinski definition) is 1. The Kier molecular flexibility index (Phi) is 4.53. The third-order valence-corrected chi connectivity index (χ3v) is 4.13. The lowest BCUT2D eigenvalue weighted by Gasteiger charge is -2.18. The third-order valence-electron chi connectivity index (χ3n) is 3.83. The summed E-state index contributed by atoms with van der Waals surface area (Å²) in [7, 11) is 0. The number of aromatic nitrogens is 2. The van der Waals surface area contributed by atoms with Crippen molar-refractivity contribution in [1.82, 2.24) is 9.55 Å². The van der Waals surface area contributed by atoms with Crippen molar-refractivity contribution >= 4 is 22.5 Å². The summed E-state index contributed by atoms with van der Waals surface area (Å²) < 4.78 is 42.4. The van der Waals surface area contributed by atoms with Gasteiger partial charge in [-0.2, -0.15) is 0 Å². The van der Waals surface area contributed by atoms with Gasteiger partial charge in [0, 0.05) is 6.07 Å². The molecule has 1 heterocycles. The van der Waals surface area contributed by atoms with E-state index in [0.717, 1.165) is 22.8 Å². The Morgan fingerprint density at radius 1 is 1.20 bits per heavy atom. The Hall–Kier alpha value is -2.38. The van der Waals surface area contributed by atoms with E-state index < -0.39 is 29.1 Å². The van der Waals surface area contributed by atoms with E-state index in [4.69, 9.17) is 17.3 Å². The van der Waals surface area contributed by atoms with Gasteiger partial charge in [-0.3, -0.25) is 9.36 Å². The molecule has 1 atom stereocenters. The first-order valence-electron chi connectivity index (χ1n) is 7.46. The number of rotatable bonds is 3. The molecule has 0 radical (unpaired) electrons. The molecule has 2 aromatic carbocycles. The van der Waals surface area contributed by atoms with Crippen molar-refractivity contribution in [2.45, 2.75) is 19.4 Å². The molecular formula is C17H13ClF3N3O. The molecule has 25 heavy (non-hydrogen) atoms. The maximum absolute atomic E-state index is 14.2. The van der Waals surface area contributed by atoms with Gasteiger partial charge in [-0.1, -0.05) is 18.5 Å². The largest absolute Gasteiger partial charge is 0.321 e. The molecule has 0 saturated carbocycles. The fourth-order valence-electron chi connectivity index (χ4n) is 2.58. The van der Waals surface area contributed by atoms with Crippen LogP contribution in [0.3, 0.4) is 0 Å². The highest BCUT2D eigenvalue weighted by molar-refractivity contribution is 6.35. The highest BCUT2D eigenvalue weighted by Crippen LogP contribution is 2.25. The van der Waals surface area contributed by atoms with Crippen LogP contribution in [0.5, 0.6) is 0 Å². The van der Waals surface area contributed by atoms with E-state index in [1.807, 2.05) is 0 Å². The van der Waals surface area contributed by atoms with Crippen LogP contribution in [-0.2, 0) is 0 Å². The first-order valence-corrected chi connectivity index (χ1v) is 7.84. The minimum absolute atomic E-state index is 0.0394. The average molecular weight is 368 g/mol. The number of halogens is 4. The number of fused-ring (bicyclic) bond motifs is 1. The summed E-state index contributed by atoms with van der Waals surface area (Å²) in [6.07, 6.45) is 0.392. The van der Waals surface area contributed by atoms with Gasteiger partial charge < -0.3 is 5.73 Å². The molecule has 2 N–H and O–H groups in total. The Balaban J connectivity index is 2.50. The van der Waals surface area contributed by atoms with Crippen LogP contribution >= 0.6 is 11.6 Å². The van der Waals surface area contributed by atoms with E-state index >= 15 is 0 Å². The Morgan fingerprint density at radius 3 is 2.44 bits per heavy atom. The lowest BCUT2D eigenvalue weighted by molar-refractivity contribution is 0.576. The summed E-state index contributed by atoms with van der Waals surface area (Å²) in [6, 6.07) is 4.16. The zero-order valence-corrected chi connectivity index (χ0v) is 13.8. The summed E-state index contributed by atoms with van der Waals surface area (Å²) in [6.45, 7) is 1.75. The van der Waals surface area contributed by atoms with Crippen LogP contribution in [0.2, 0.25) is 5.02 Å². The van der Waals surface area contributed by atoms with Crippen LogP contribution in [0.15, 0.2) is 35.1 Å². The van der Waals surface area contributed by atoms with Gasteiger partial charge in [0.2, 0.25) is 0 Å². The highest BCUT2D eigenvalue weighted by atomic mass is 35.5. The fraction of sp³-hybridized carbons (Fsp3) is 0.176. The van der Waals surface area contributed by atoms with Crippen molar-refractivity contribution < 1.29 is 13.2 Å². The second-order valence-electron chi connectivity index (χ2n) is 5.51. The van der Waals surface area contributed by atoms with Gasteiger partial charge in [0.05, 0.1) is 22.3 Å². The van der Waals surface area contributed by atoms with Gasteiger partial charge in [-0.25, -0.2) is 18.2 Å². The van der Waals surface area contributed by atoms with Crippen LogP contribution in [0.25, 0.3) is 16.6 Å². The fourth-order valence-corrected chi connectivity index (χ4v) is 2.78. The molecule has 0 aliphatic carbocycles. The zero-order valence-electron chi connectivity index (χ0n) is 13.1. The van der Waals surface area contributed by atoms with Gasteiger partial charge in [0.15, 0.2) is 0 Å². The molecule has 3 rings (SSSR count). The predicted octanol–water partition coefficient (Wildman–Crippen LogP) is 3.87. The van der Waals surface area contributed by atoms with E-state index in [2.05, 4.69) is 4.98 Å². The van der Waals surface area contributed by atoms with E-state index in [0.29, 0.717) is 12.5 Å². The first-order chi connectivity index (χ1) is 11.8. The maximum Gasteiger partial charge on any atom is 0.269 e. The van der Waals surface area contributed by atoms with E-state index in [1.165, 1.54) is 6.07 Å². The molecule has 130 valence electrons. The van der Waals surface area contributed by atoms with Crippen LogP contribution < -0.4 is 11.3 Å². The molecule has 0 spiro atoms. The maximum atomic E-state index is 14.2. The molecule has 8 heteroatoms. The minimum atomic E-state index is -0.885. The molecule has 1 aromatic heterocycles. The molecule has 0 fully saturated rings. The Morgan fingerprint density at radius 2 is 1.84 bits per heavy atom. The lowest BCUT2D eigenvalue weighted by Crippen LogP contribution is -2.29. The smallest absolute Gasteiger partial charge is 0.269 e. The summed E-state index contributed by atoms with van der Waals surface area (Å²) in [5.74, 6) is -2.56. The number of hydrogen-bond acceptors (Lipinski definition) is 3. The topological polar surface area (TPSA) is 60.9 Å². The summed E-state index contributed by atoms with van der Waals surface area (Å²) in [5.41, 5.74) is 5.00. The van der Waals surface area contributed by atoms with Crippen molar-refractivity contribution in [2.75, 3.05) is 0 Å². The summed E-state index contributed by atoms with van der Waals surface area (Å²) in [4.78, 5) is 17.1. The van der Waals surface area contributed by atoms with Gasteiger partial charge in [-0.05, 0) is 30.7 Å². The number of benzene rings is 2. The quantitative estimate of drug-likeness (QED) is 0.764. The van der Waals surface area contributed by atoms with Gasteiger partial charge in [0.25, 0.3) is 5.56 Å². The van der Waals surface area contributed by atoms with Gasteiger partial charge >= 0.3 is 0 Å². The molecule has 0 bridgehead atoms. The molecule has 0 amide bonds.